The van der Waals surface area contributed by atoms with E-state index in [9.17, 15) is 9.59 Å². The van der Waals surface area contributed by atoms with Crippen LogP contribution in [0.1, 0.15) is 34.3 Å². The number of fused-ring (bicyclic) bond motifs is 2. The lowest BCUT2D eigenvalue weighted by Gasteiger charge is -2.19. The molecule has 8 heteroatoms. The quantitative estimate of drug-likeness (QED) is 0.288. The lowest BCUT2D eigenvalue weighted by molar-refractivity contribution is -0.144. The molecule has 188 valence electrons. The molecule has 1 N–H and O–H groups in total. The molecule has 1 aliphatic heterocycles. The first kappa shape index (κ1) is 24.8. The van der Waals surface area contributed by atoms with Gasteiger partial charge in [0.15, 0.2) is 11.5 Å². The summed E-state index contributed by atoms with van der Waals surface area (Å²) in [6.45, 7) is 4.06. The maximum Gasteiger partial charge on any atom is 0.315 e. The molecular formula is C29H25BrN2O5. The van der Waals surface area contributed by atoms with Crippen molar-refractivity contribution in [3.05, 3.63) is 87.9 Å². The first-order valence-corrected chi connectivity index (χ1v) is 12.8. The lowest BCUT2D eigenvalue weighted by atomic mass is 9.96. The number of esters is 1. The third kappa shape index (κ3) is 4.89. The number of pyridine rings is 1. The van der Waals surface area contributed by atoms with Crippen LogP contribution in [0.2, 0.25) is 0 Å². The number of hydrogen-bond acceptors (Lipinski definition) is 6. The molecule has 1 aliphatic rings. The molecule has 0 fully saturated rings. The Labute approximate surface area is 222 Å². The number of ether oxygens (including phenoxy) is 3. The fourth-order valence-electron chi connectivity index (χ4n) is 4.51. The van der Waals surface area contributed by atoms with Gasteiger partial charge in [-0.25, -0.2) is 4.98 Å². The van der Waals surface area contributed by atoms with Crippen LogP contribution < -0.4 is 14.8 Å². The summed E-state index contributed by atoms with van der Waals surface area (Å²) in [6, 6.07) is 20.7. The number of hydrogen-bond donors (Lipinski definition) is 1. The lowest BCUT2D eigenvalue weighted by Crippen LogP contribution is -2.33. The molecule has 0 saturated heterocycles. The molecule has 3 aromatic carbocycles. The molecule has 5 rings (SSSR count). The molecule has 1 atom stereocenters. The fourth-order valence-corrected chi connectivity index (χ4v) is 4.96. The molecule has 0 saturated carbocycles. The summed E-state index contributed by atoms with van der Waals surface area (Å²) in [7, 11) is 0. The zero-order valence-electron chi connectivity index (χ0n) is 20.4. The first-order valence-electron chi connectivity index (χ1n) is 12.0. The Balaban J connectivity index is 1.51. The number of carbonyl (C=O) groups excluding carboxylic acids is 2. The number of amides is 1. The molecular weight excluding hydrogens is 536 g/mol. The fraction of sp³-hybridized carbons (Fsp3) is 0.207. The monoisotopic (exact) mass is 560 g/mol. The number of halogens is 1. The van der Waals surface area contributed by atoms with Gasteiger partial charge in [0.1, 0.15) is 0 Å². The molecule has 4 aromatic rings. The van der Waals surface area contributed by atoms with Crippen LogP contribution in [0.4, 0.5) is 0 Å². The highest BCUT2D eigenvalue weighted by molar-refractivity contribution is 9.10. The predicted octanol–water partition coefficient (Wildman–Crippen LogP) is 5.78. The number of carbonyl (C=O) groups is 2. The molecule has 37 heavy (non-hydrogen) atoms. The molecule has 1 unspecified atom stereocenters. The molecule has 1 amide bonds. The van der Waals surface area contributed by atoms with Crippen LogP contribution in [-0.4, -0.2) is 36.8 Å². The minimum atomic E-state index is -0.716. The maximum absolute atomic E-state index is 13.7. The van der Waals surface area contributed by atoms with E-state index in [2.05, 4.69) is 21.2 Å². The van der Waals surface area contributed by atoms with Gasteiger partial charge in [-0.2, -0.15) is 0 Å². The van der Waals surface area contributed by atoms with E-state index >= 15 is 0 Å². The second-order valence-electron chi connectivity index (χ2n) is 8.59. The van der Waals surface area contributed by atoms with Gasteiger partial charge in [0.2, 0.25) is 6.79 Å². The van der Waals surface area contributed by atoms with Crippen molar-refractivity contribution in [2.75, 3.05) is 19.9 Å². The number of rotatable bonds is 7. The van der Waals surface area contributed by atoms with E-state index in [0.29, 0.717) is 28.1 Å². The third-order valence-electron chi connectivity index (χ3n) is 6.32. The summed E-state index contributed by atoms with van der Waals surface area (Å²) in [6.07, 6.45) is 0. The topological polar surface area (TPSA) is 86.8 Å². The Morgan fingerprint density at radius 3 is 2.62 bits per heavy atom. The van der Waals surface area contributed by atoms with E-state index in [4.69, 9.17) is 19.2 Å². The van der Waals surface area contributed by atoms with Crippen molar-refractivity contribution >= 4 is 38.7 Å². The Kier molecular flexibility index (Phi) is 7.10. The Hall–Kier alpha value is -3.91. The standard InChI is InChI=1S/C29H25BrN2O5/c1-3-35-29(34)21(19-12-13-23-24(14-19)37-16-36-23)15-31-28(33)25-17(2)26(18-8-5-4-6-9-18)32-27-20(25)10-7-11-22(27)30/h4-14,21H,3,15-16H2,1-2H3,(H,31,33). The number of aromatic nitrogens is 1. The Morgan fingerprint density at radius 2 is 1.84 bits per heavy atom. The smallest absolute Gasteiger partial charge is 0.315 e. The van der Waals surface area contributed by atoms with Gasteiger partial charge in [0.25, 0.3) is 5.91 Å². The van der Waals surface area contributed by atoms with Gasteiger partial charge >= 0.3 is 5.97 Å². The molecule has 0 spiro atoms. The average Bonchev–Trinajstić information content (AvgIpc) is 3.37. The normalized spacial score (nSPS) is 12.8. The van der Waals surface area contributed by atoms with E-state index in [1.807, 2.05) is 55.5 Å². The van der Waals surface area contributed by atoms with Crippen molar-refractivity contribution in [1.82, 2.24) is 10.3 Å². The van der Waals surface area contributed by atoms with Crippen molar-refractivity contribution in [2.45, 2.75) is 19.8 Å². The summed E-state index contributed by atoms with van der Waals surface area (Å²) in [5.74, 6) is -0.257. The molecule has 0 bridgehead atoms. The van der Waals surface area contributed by atoms with E-state index in [-0.39, 0.29) is 25.9 Å². The van der Waals surface area contributed by atoms with Gasteiger partial charge in [0, 0.05) is 22.0 Å². The van der Waals surface area contributed by atoms with Crippen LogP contribution in [0.5, 0.6) is 11.5 Å². The molecule has 0 aliphatic carbocycles. The second kappa shape index (κ2) is 10.6. The third-order valence-corrected chi connectivity index (χ3v) is 6.96. The first-order chi connectivity index (χ1) is 18.0. The van der Waals surface area contributed by atoms with Crippen LogP contribution in [0.25, 0.3) is 22.2 Å². The zero-order chi connectivity index (χ0) is 25.9. The molecule has 2 heterocycles. The van der Waals surface area contributed by atoms with Crippen LogP contribution in [0.3, 0.4) is 0 Å². The predicted molar refractivity (Wildman–Crippen MR) is 144 cm³/mol. The number of nitrogens with one attached hydrogen (secondary N) is 1. The highest BCUT2D eigenvalue weighted by Crippen LogP contribution is 2.36. The van der Waals surface area contributed by atoms with E-state index < -0.39 is 11.9 Å². The SMILES string of the molecule is CCOC(=O)C(CNC(=O)c1c(C)c(-c2ccccc2)nc2c(Br)cccc12)c1ccc2c(c1)OCO2. The minimum absolute atomic E-state index is 0.0508. The molecule has 7 nitrogen and oxygen atoms in total. The van der Waals surface area contributed by atoms with Crippen molar-refractivity contribution in [3.63, 3.8) is 0 Å². The van der Waals surface area contributed by atoms with E-state index in [0.717, 1.165) is 26.7 Å². The van der Waals surface area contributed by atoms with E-state index in [1.165, 1.54) is 0 Å². The number of nitrogens with zero attached hydrogens (tertiary/aromatic N) is 1. The maximum atomic E-state index is 13.7. The van der Waals surface area contributed by atoms with Crippen molar-refractivity contribution in [1.29, 1.82) is 0 Å². The summed E-state index contributed by atoms with van der Waals surface area (Å²) < 4.78 is 17.0. The second-order valence-corrected chi connectivity index (χ2v) is 9.44. The number of benzene rings is 3. The van der Waals surface area contributed by atoms with Crippen molar-refractivity contribution < 1.29 is 23.8 Å². The van der Waals surface area contributed by atoms with Crippen molar-refractivity contribution in [3.8, 4) is 22.8 Å². The number of para-hydroxylation sites is 1. The van der Waals surface area contributed by atoms with Gasteiger partial charge in [0.05, 0.1) is 29.3 Å². The van der Waals surface area contributed by atoms with Crippen LogP contribution in [-0.2, 0) is 9.53 Å². The van der Waals surface area contributed by atoms with E-state index in [1.54, 1.807) is 25.1 Å². The van der Waals surface area contributed by atoms with Gasteiger partial charge in [-0.05, 0) is 59.1 Å². The summed E-state index contributed by atoms with van der Waals surface area (Å²) in [5.41, 5.74) is 4.27. The van der Waals surface area contributed by atoms with Gasteiger partial charge in [-0.1, -0.05) is 48.5 Å². The van der Waals surface area contributed by atoms with Gasteiger partial charge in [-0.15, -0.1) is 0 Å². The summed E-state index contributed by atoms with van der Waals surface area (Å²) >= 11 is 3.59. The minimum Gasteiger partial charge on any atom is -0.465 e. The Morgan fingerprint density at radius 1 is 1.05 bits per heavy atom. The average molecular weight is 561 g/mol. The molecule has 1 aromatic heterocycles. The summed E-state index contributed by atoms with van der Waals surface area (Å²) in [4.78, 5) is 31.5. The summed E-state index contributed by atoms with van der Waals surface area (Å²) in [5, 5.41) is 3.70. The highest BCUT2D eigenvalue weighted by atomic mass is 79.9. The van der Waals surface area contributed by atoms with Crippen LogP contribution >= 0.6 is 15.9 Å². The largest absolute Gasteiger partial charge is 0.465 e. The highest BCUT2D eigenvalue weighted by Gasteiger charge is 2.27. The Bertz CT molecular complexity index is 1490. The molecule has 0 radical (unpaired) electrons. The van der Waals surface area contributed by atoms with Crippen molar-refractivity contribution in [2.24, 2.45) is 0 Å². The van der Waals surface area contributed by atoms with Crippen LogP contribution in [0, 0.1) is 6.92 Å². The van der Waals surface area contributed by atoms with Gasteiger partial charge < -0.3 is 19.5 Å². The van der Waals surface area contributed by atoms with Gasteiger partial charge in [-0.3, -0.25) is 9.59 Å². The zero-order valence-corrected chi connectivity index (χ0v) is 22.0. The van der Waals surface area contributed by atoms with Crippen LogP contribution in [0.15, 0.2) is 71.2 Å².